The van der Waals surface area contributed by atoms with Gasteiger partial charge in [0.15, 0.2) is 23.1 Å². The number of benzene rings is 8. The van der Waals surface area contributed by atoms with E-state index in [-0.39, 0.29) is 0 Å². The summed E-state index contributed by atoms with van der Waals surface area (Å²) in [4.78, 5) is 19.9. The molecule has 0 unspecified atom stereocenters. The van der Waals surface area contributed by atoms with Crippen molar-refractivity contribution in [1.29, 1.82) is 0 Å². The zero-order chi connectivity index (χ0) is 35.6. The molecule has 252 valence electrons. The first-order valence-corrected chi connectivity index (χ1v) is 17.9. The third kappa shape index (κ3) is 5.04. The van der Waals surface area contributed by atoms with Crippen LogP contribution in [0, 0.1) is 0 Å². The predicted molar refractivity (Wildman–Crippen MR) is 217 cm³/mol. The highest BCUT2D eigenvalue weighted by Crippen LogP contribution is 2.40. The molecule has 3 aromatic heterocycles. The summed E-state index contributed by atoms with van der Waals surface area (Å²) in [6.07, 6.45) is 0. The highest BCUT2D eigenvalue weighted by atomic mass is 16.4. The molecule has 0 atom stereocenters. The molecule has 0 spiro atoms. The van der Waals surface area contributed by atoms with E-state index in [1.54, 1.807) is 0 Å². The Hall–Kier alpha value is -7.44. The average Bonchev–Trinajstić information content (AvgIpc) is 3.83. The number of fused-ring (bicyclic) bond motifs is 6. The lowest BCUT2D eigenvalue weighted by molar-refractivity contribution is 0.620. The Balaban J connectivity index is 1.05. The average molecular weight is 693 g/mol. The largest absolute Gasteiger partial charge is 0.456 e. The second-order valence-corrected chi connectivity index (χ2v) is 13.5. The molecule has 11 rings (SSSR count). The Bertz CT molecular complexity index is 3220. The summed E-state index contributed by atoms with van der Waals surface area (Å²) in [5, 5.41) is 6.46. The number of oxazole rings is 1. The van der Waals surface area contributed by atoms with Crippen LogP contribution in [0.4, 0.5) is 0 Å². The maximum absolute atomic E-state index is 6.42. The quantitative estimate of drug-likeness (QED) is 0.179. The number of nitrogens with zero attached hydrogens (tertiary/aromatic N) is 4. The monoisotopic (exact) mass is 692 g/mol. The van der Waals surface area contributed by atoms with E-state index in [4.69, 9.17) is 28.8 Å². The van der Waals surface area contributed by atoms with Crippen LogP contribution in [-0.2, 0) is 0 Å². The minimum absolute atomic E-state index is 0.589. The summed E-state index contributed by atoms with van der Waals surface area (Å²) >= 11 is 0. The van der Waals surface area contributed by atoms with Gasteiger partial charge in [-0.15, -0.1) is 0 Å². The molecule has 0 aliphatic carbocycles. The van der Waals surface area contributed by atoms with Crippen molar-refractivity contribution in [2.75, 3.05) is 0 Å². The molecular weight excluding hydrogens is 665 g/mol. The zero-order valence-corrected chi connectivity index (χ0v) is 28.8. The highest BCUT2D eigenvalue weighted by molar-refractivity contribution is 6.15. The van der Waals surface area contributed by atoms with Crippen molar-refractivity contribution in [3.63, 3.8) is 0 Å². The van der Waals surface area contributed by atoms with Crippen molar-refractivity contribution in [3.05, 3.63) is 170 Å². The van der Waals surface area contributed by atoms with Crippen LogP contribution >= 0.6 is 0 Å². The van der Waals surface area contributed by atoms with Gasteiger partial charge < -0.3 is 8.83 Å². The van der Waals surface area contributed by atoms with E-state index in [1.165, 1.54) is 5.39 Å². The number of hydrogen-bond donors (Lipinski definition) is 0. The van der Waals surface area contributed by atoms with Gasteiger partial charge in [-0.2, -0.15) is 0 Å². The summed E-state index contributed by atoms with van der Waals surface area (Å²) < 4.78 is 12.7. The molecule has 0 aliphatic rings. The molecule has 0 fully saturated rings. The maximum Gasteiger partial charge on any atom is 0.227 e. The van der Waals surface area contributed by atoms with E-state index < -0.39 is 0 Å². The van der Waals surface area contributed by atoms with Gasteiger partial charge in [0.05, 0.1) is 0 Å². The summed E-state index contributed by atoms with van der Waals surface area (Å²) in [7, 11) is 0. The smallest absolute Gasteiger partial charge is 0.227 e. The fourth-order valence-corrected chi connectivity index (χ4v) is 7.51. The van der Waals surface area contributed by atoms with Gasteiger partial charge in [0.2, 0.25) is 5.89 Å². The van der Waals surface area contributed by atoms with Crippen LogP contribution < -0.4 is 0 Å². The van der Waals surface area contributed by atoms with Gasteiger partial charge in [0, 0.05) is 39.1 Å². The molecular formula is C48H28N4O2. The molecule has 0 N–H and O–H groups in total. The fraction of sp³-hybridized carbons (Fsp3) is 0. The van der Waals surface area contributed by atoms with Gasteiger partial charge in [-0.3, -0.25) is 0 Å². The Labute approximate surface area is 309 Å². The van der Waals surface area contributed by atoms with E-state index in [1.807, 2.05) is 78.9 Å². The number of hydrogen-bond acceptors (Lipinski definition) is 6. The van der Waals surface area contributed by atoms with E-state index in [0.717, 1.165) is 82.6 Å². The molecule has 54 heavy (non-hydrogen) atoms. The molecule has 0 saturated carbocycles. The molecule has 0 aliphatic heterocycles. The van der Waals surface area contributed by atoms with E-state index in [2.05, 4.69) is 91.0 Å². The first-order chi connectivity index (χ1) is 26.7. The van der Waals surface area contributed by atoms with E-state index in [9.17, 15) is 0 Å². The van der Waals surface area contributed by atoms with Crippen molar-refractivity contribution >= 4 is 54.6 Å². The highest BCUT2D eigenvalue weighted by Gasteiger charge is 2.18. The lowest BCUT2D eigenvalue weighted by Crippen LogP contribution is -2.00. The first-order valence-electron chi connectivity index (χ1n) is 17.9. The van der Waals surface area contributed by atoms with Crippen LogP contribution in [0.3, 0.4) is 0 Å². The molecule has 0 amide bonds. The van der Waals surface area contributed by atoms with Crippen LogP contribution in [0.25, 0.3) is 111 Å². The molecule has 0 saturated heterocycles. The second-order valence-electron chi connectivity index (χ2n) is 13.5. The second kappa shape index (κ2) is 12.1. The van der Waals surface area contributed by atoms with E-state index in [0.29, 0.717) is 23.4 Å². The Morgan fingerprint density at radius 1 is 0.333 bits per heavy atom. The fourth-order valence-electron chi connectivity index (χ4n) is 7.51. The van der Waals surface area contributed by atoms with Crippen LogP contribution in [-0.4, -0.2) is 19.9 Å². The number of rotatable bonds is 5. The maximum atomic E-state index is 6.42. The van der Waals surface area contributed by atoms with Crippen molar-refractivity contribution in [1.82, 2.24) is 19.9 Å². The third-order valence-corrected chi connectivity index (χ3v) is 10.1. The summed E-state index contributed by atoms with van der Waals surface area (Å²) in [5.74, 6) is 2.48. The van der Waals surface area contributed by atoms with Gasteiger partial charge >= 0.3 is 0 Å². The first kappa shape index (κ1) is 30.2. The topological polar surface area (TPSA) is 77.8 Å². The minimum atomic E-state index is 0.589. The van der Waals surface area contributed by atoms with Crippen molar-refractivity contribution in [3.8, 4) is 56.7 Å². The predicted octanol–water partition coefficient (Wildman–Crippen LogP) is 12.6. The lowest BCUT2D eigenvalue weighted by atomic mass is 9.95. The Morgan fingerprint density at radius 3 is 1.85 bits per heavy atom. The molecule has 11 aromatic rings. The standard InChI is InChI=1S/C48H28N4O2/c1-3-12-30(13-4-1)45-50-46(35-22-21-29-11-7-8-16-32(29)25-35)52-47(51-45)38-19-9-17-33-26-34(23-24-36(33)38)37-18-10-20-41-44(37)39-27-43-40(28-42(39)53-41)49-48(54-43)31-14-5-2-6-15-31/h1-28H. The summed E-state index contributed by atoms with van der Waals surface area (Å²) in [6, 6.07) is 57.8. The van der Waals surface area contributed by atoms with Gasteiger partial charge in [-0.25, -0.2) is 19.9 Å². The number of aromatic nitrogens is 4. The normalized spacial score (nSPS) is 11.7. The molecule has 8 aromatic carbocycles. The molecule has 0 bridgehead atoms. The van der Waals surface area contributed by atoms with Gasteiger partial charge in [-0.1, -0.05) is 127 Å². The Morgan fingerprint density at radius 2 is 1.00 bits per heavy atom. The van der Waals surface area contributed by atoms with E-state index >= 15 is 0 Å². The van der Waals surface area contributed by atoms with Crippen molar-refractivity contribution in [2.24, 2.45) is 0 Å². The SMILES string of the molecule is c1ccc(-c2nc(-c3ccc4ccccc4c3)nc(-c3cccc4cc(-c5cccc6oc7cc8nc(-c9ccccc9)oc8cc7c56)ccc34)n2)cc1. The van der Waals surface area contributed by atoms with Crippen LogP contribution in [0.5, 0.6) is 0 Å². The molecule has 6 heteroatoms. The van der Waals surface area contributed by atoms with Crippen molar-refractivity contribution in [2.45, 2.75) is 0 Å². The van der Waals surface area contributed by atoms with Crippen molar-refractivity contribution < 1.29 is 8.83 Å². The van der Waals surface area contributed by atoms with Crippen LogP contribution in [0.15, 0.2) is 179 Å². The third-order valence-electron chi connectivity index (χ3n) is 10.1. The molecule has 0 radical (unpaired) electrons. The lowest BCUT2D eigenvalue weighted by Gasteiger charge is -2.12. The van der Waals surface area contributed by atoms with Gasteiger partial charge in [-0.05, 0) is 69.1 Å². The summed E-state index contributed by atoms with van der Waals surface area (Å²) in [6.45, 7) is 0. The minimum Gasteiger partial charge on any atom is -0.456 e. The molecule has 3 heterocycles. The molecule has 6 nitrogen and oxygen atoms in total. The number of furan rings is 1. The van der Waals surface area contributed by atoms with Crippen LogP contribution in [0.1, 0.15) is 0 Å². The summed E-state index contributed by atoms with van der Waals surface area (Å²) in [5.41, 5.74) is 8.97. The Kier molecular flexibility index (Phi) is 6.75. The van der Waals surface area contributed by atoms with Crippen LogP contribution in [0.2, 0.25) is 0 Å². The van der Waals surface area contributed by atoms with Gasteiger partial charge in [0.1, 0.15) is 16.7 Å². The zero-order valence-electron chi connectivity index (χ0n) is 28.8. The van der Waals surface area contributed by atoms with Gasteiger partial charge in [0.25, 0.3) is 0 Å².